The van der Waals surface area contributed by atoms with Crippen LogP contribution in [0.4, 0.5) is 5.69 Å². The molecule has 9 heteroatoms. The molecule has 4 N–H and O–H groups in total. The summed E-state index contributed by atoms with van der Waals surface area (Å²) in [4.78, 5) is 28.7. The lowest BCUT2D eigenvalue weighted by atomic mass is 9.99. The van der Waals surface area contributed by atoms with Crippen LogP contribution in [0, 0.1) is 0 Å². The van der Waals surface area contributed by atoms with E-state index in [2.05, 4.69) is 0 Å². The second kappa shape index (κ2) is 8.68. The first-order chi connectivity index (χ1) is 13.8. The largest absolute Gasteiger partial charge is 0.479 e. The van der Waals surface area contributed by atoms with Gasteiger partial charge in [0.05, 0.1) is 5.69 Å². The molecule has 0 radical (unpaired) electrons. The van der Waals surface area contributed by atoms with Crippen molar-refractivity contribution < 1.29 is 39.6 Å². The van der Waals surface area contributed by atoms with Gasteiger partial charge in [0.1, 0.15) is 18.3 Å². The van der Waals surface area contributed by atoms with Gasteiger partial charge in [-0.15, -0.1) is 0 Å². The highest BCUT2D eigenvalue weighted by molar-refractivity contribution is 5.89. The van der Waals surface area contributed by atoms with Gasteiger partial charge in [-0.2, -0.15) is 5.06 Å². The fraction of sp³-hybridized carbons (Fsp3) is 0.300. The Morgan fingerprint density at radius 3 is 2.03 bits per heavy atom. The maximum absolute atomic E-state index is 12.1. The van der Waals surface area contributed by atoms with E-state index in [4.69, 9.17) is 14.7 Å². The molecule has 2 aromatic rings. The van der Waals surface area contributed by atoms with Crippen molar-refractivity contribution in [3.8, 4) is 11.1 Å². The third kappa shape index (κ3) is 4.44. The highest BCUT2D eigenvalue weighted by Gasteiger charge is 2.48. The number of anilines is 1. The molecule has 0 bridgehead atoms. The standard InChI is InChI=1S/C20H21NO8/c1-11(22)21(14-9-7-13(8-10-14)12-5-3-2-4-6-12)29-20-17(25)15(23)16(24)18(28-20)19(26)27/h2-10,15-18,20,23-25H,1H3,(H,26,27)/t15-,16-,17+,18-,20-/m0/s1. The van der Waals surface area contributed by atoms with Crippen LogP contribution in [-0.2, 0) is 19.2 Å². The van der Waals surface area contributed by atoms with Crippen molar-refractivity contribution in [1.29, 1.82) is 0 Å². The van der Waals surface area contributed by atoms with Gasteiger partial charge in [0, 0.05) is 6.92 Å². The Labute approximate surface area is 166 Å². The third-order valence-electron chi connectivity index (χ3n) is 4.52. The highest BCUT2D eigenvalue weighted by Crippen LogP contribution is 2.27. The zero-order valence-corrected chi connectivity index (χ0v) is 15.5. The summed E-state index contributed by atoms with van der Waals surface area (Å²) in [5.74, 6) is -2.11. The van der Waals surface area contributed by atoms with Gasteiger partial charge < -0.3 is 25.2 Å². The molecule has 0 unspecified atom stereocenters. The van der Waals surface area contributed by atoms with E-state index in [-0.39, 0.29) is 0 Å². The Kier molecular flexibility index (Phi) is 6.26. The van der Waals surface area contributed by atoms with Crippen LogP contribution in [0.2, 0.25) is 0 Å². The van der Waals surface area contributed by atoms with Gasteiger partial charge in [0.15, 0.2) is 6.10 Å². The molecule has 1 saturated heterocycles. The van der Waals surface area contributed by atoms with Crippen LogP contribution in [0.3, 0.4) is 0 Å². The maximum Gasteiger partial charge on any atom is 0.335 e. The lowest BCUT2D eigenvalue weighted by Gasteiger charge is -2.39. The number of rotatable bonds is 5. The van der Waals surface area contributed by atoms with E-state index in [9.17, 15) is 24.9 Å². The predicted octanol–water partition coefficient (Wildman–Crippen LogP) is 0.530. The smallest absolute Gasteiger partial charge is 0.335 e. The number of aliphatic hydroxyl groups excluding tert-OH is 3. The second-order valence-electron chi connectivity index (χ2n) is 6.57. The van der Waals surface area contributed by atoms with Crippen molar-refractivity contribution in [2.75, 3.05) is 5.06 Å². The number of carboxylic acids is 1. The quantitative estimate of drug-likeness (QED) is 0.531. The SMILES string of the molecule is CC(=O)N(O[C@@H]1O[C@H](C(=O)O)[C@@H](O)[C@H](O)[C@H]1O)c1ccc(-c2ccccc2)cc1. The van der Waals surface area contributed by atoms with E-state index in [0.29, 0.717) is 5.69 Å². The number of ether oxygens (including phenoxy) is 1. The van der Waals surface area contributed by atoms with Crippen LogP contribution in [0.5, 0.6) is 0 Å². The lowest BCUT2D eigenvalue weighted by molar-refractivity contribution is -0.295. The van der Waals surface area contributed by atoms with Gasteiger partial charge >= 0.3 is 5.97 Å². The minimum absolute atomic E-state index is 0.306. The summed E-state index contributed by atoms with van der Waals surface area (Å²) in [6.07, 6.45) is -8.96. The molecule has 1 aliphatic rings. The predicted molar refractivity (Wildman–Crippen MR) is 100 cm³/mol. The molecule has 1 amide bonds. The van der Waals surface area contributed by atoms with Gasteiger partial charge in [0.2, 0.25) is 12.2 Å². The van der Waals surface area contributed by atoms with Gasteiger partial charge in [-0.1, -0.05) is 42.5 Å². The summed E-state index contributed by atoms with van der Waals surface area (Å²) in [5.41, 5.74) is 2.18. The summed E-state index contributed by atoms with van der Waals surface area (Å²) in [6.45, 7) is 1.21. The molecule has 1 fully saturated rings. The van der Waals surface area contributed by atoms with Crippen molar-refractivity contribution in [1.82, 2.24) is 0 Å². The number of nitrogens with zero attached hydrogens (tertiary/aromatic N) is 1. The number of hydrogen-bond acceptors (Lipinski definition) is 7. The van der Waals surface area contributed by atoms with E-state index in [1.54, 1.807) is 24.3 Å². The van der Waals surface area contributed by atoms with Crippen molar-refractivity contribution in [2.24, 2.45) is 0 Å². The normalized spacial score (nSPS) is 26.7. The summed E-state index contributed by atoms with van der Waals surface area (Å²) >= 11 is 0. The van der Waals surface area contributed by atoms with E-state index in [0.717, 1.165) is 16.2 Å². The third-order valence-corrected chi connectivity index (χ3v) is 4.52. The maximum atomic E-state index is 12.1. The van der Waals surface area contributed by atoms with E-state index in [1.165, 1.54) is 6.92 Å². The Morgan fingerprint density at radius 1 is 0.897 bits per heavy atom. The van der Waals surface area contributed by atoms with Crippen LogP contribution >= 0.6 is 0 Å². The number of hydrogen-bond donors (Lipinski definition) is 4. The number of benzene rings is 2. The Hall–Kier alpha value is -2.82. The van der Waals surface area contributed by atoms with Crippen LogP contribution in [0.25, 0.3) is 11.1 Å². The molecule has 1 heterocycles. The molecule has 2 aromatic carbocycles. The Morgan fingerprint density at radius 2 is 1.48 bits per heavy atom. The Bertz CT molecular complexity index is 857. The van der Waals surface area contributed by atoms with Gasteiger partial charge in [0.25, 0.3) is 0 Å². The van der Waals surface area contributed by atoms with Gasteiger partial charge in [-0.25, -0.2) is 9.63 Å². The minimum Gasteiger partial charge on any atom is -0.479 e. The monoisotopic (exact) mass is 403 g/mol. The molecular weight excluding hydrogens is 382 g/mol. The topological polar surface area (TPSA) is 137 Å². The molecule has 0 aromatic heterocycles. The zero-order chi connectivity index (χ0) is 21.1. The zero-order valence-electron chi connectivity index (χ0n) is 15.5. The van der Waals surface area contributed by atoms with Gasteiger partial charge in [-0.05, 0) is 23.3 Å². The lowest BCUT2D eigenvalue weighted by Crippen LogP contribution is -2.61. The molecule has 0 saturated carbocycles. The second-order valence-corrected chi connectivity index (χ2v) is 6.57. The van der Waals surface area contributed by atoms with Crippen LogP contribution < -0.4 is 5.06 Å². The number of carbonyl (C=O) groups excluding carboxylic acids is 1. The number of aliphatic hydroxyl groups is 3. The summed E-state index contributed by atoms with van der Waals surface area (Å²) in [7, 11) is 0. The summed E-state index contributed by atoms with van der Waals surface area (Å²) < 4.78 is 5.06. The number of hydroxylamine groups is 1. The van der Waals surface area contributed by atoms with Crippen LogP contribution in [-0.4, -0.2) is 63.0 Å². The Balaban J connectivity index is 1.81. The molecular formula is C20H21NO8. The number of carboxylic acid groups (broad SMARTS) is 1. The van der Waals surface area contributed by atoms with Gasteiger partial charge in [-0.3, -0.25) is 4.79 Å². The summed E-state index contributed by atoms with van der Waals surface area (Å²) in [5, 5.41) is 39.7. The first-order valence-electron chi connectivity index (χ1n) is 8.85. The average molecular weight is 403 g/mol. The molecule has 0 aliphatic carbocycles. The molecule has 1 aliphatic heterocycles. The van der Waals surface area contributed by atoms with E-state index in [1.807, 2.05) is 30.3 Å². The van der Waals surface area contributed by atoms with Crippen molar-refractivity contribution in [3.05, 3.63) is 54.6 Å². The fourth-order valence-corrected chi connectivity index (χ4v) is 2.98. The molecule has 9 nitrogen and oxygen atoms in total. The summed E-state index contributed by atoms with van der Waals surface area (Å²) in [6, 6.07) is 16.3. The average Bonchev–Trinajstić information content (AvgIpc) is 2.72. The van der Waals surface area contributed by atoms with E-state index >= 15 is 0 Å². The van der Waals surface area contributed by atoms with Crippen molar-refractivity contribution in [2.45, 2.75) is 37.6 Å². The minimum atomic E-state index is -1.85. The number of aliphatic carboxylic acids is 1. The molecule has 3 rings (SSSR count). The first kappa shape index (κ1) is 20.9. The van der Waals surface area contributed by atoms with Crippen molar-refractivity contribution >= 4 is 17.6 Å². The van der Waals surface area contributed by atoms with Crippen molar-refractivity contribution in [3.63, 3.8) is 0 Å². The number of amides is 1. The molecule has 154 valence electrons. The van der Waals surface area contributed by atoms with Crippen LogP contribution in [0.15, 0.2) is 54.6 Å². The fourth-order valence-electron chi connectivity index (χ4n) is 2.98. The first-order valence-corrected chi connectivity index (χ1v) is 8.85. The highest BCUT2D eigenvalue weighted by atomic mass is 16.8. The van der Waals surface area contributed by atoms with Crippen LogP contribution in [0.1, 0.15) is 6.92 Å². The molecule has 29 heavy (non-hydrogen) atoms. The van der Waals surface area contributed by atoms with E-state index < -0.39 is 42.6 Å². The molecule has 5 atom stereocenters. The molecule has 0 spiro atoms. The number of carbonyl (C=O) groups is 2.